The molecule has 0 bridgehead atoms. The summed E-state index contributed by atoms with van der Waals surface area (Å²) in [7, 11) is 0. The lowest BCUT2D eigenvalue weighted by atomic mass is 10.1. The Balaban J connectivity index is 1.86. The molecule has 1 aromatic carbocycles. The Kier molecular flexibility index (Phi) is 4.06. The normalized spacial score (nSPS) is 18.6. The number of likely N-dealkylation sites (tertiary alicyclic amines) is 1. The Morgan fingerprint density at radius 3 is 2.59 bits per heavy atom. The van der Waals surface area contributed by atoms with Gasteiger partial charge in [0.25, 0.3) is 0 Å². The van der Waals surface area contributed by atoms with Gasteiger partial charge in [-0.25, -0.2) is 0 Å². The fourth-order valence-electron chi connectivity index (χ4n) is 2.29. The van der Waals surface area contributed by atoms with Gasteiger partial charge in [0.2, 0.25) is 0 Å². The molecule has 2 nitrogen and oxygen atoms in total. The van der Waals surface area contributed by atoms with E-state index >= 15 is 0 Å². The van der Waals surface area contributed by atoms with Crippen molar-refractivity contribution in [3.05, 3.63) is 36.8 Å². The smallest absolute Gasteiger partial charge is 0.120 e. The maximum absolute atomic E-state index is 5.96. The molecular formula is C15H21NO. The van der Waals surface area contributed by atoms with Crippen LogP contribution in [0.4, 0.5) is 0 Å². The van der Waals surface area contributed by atoms with Crippen LogP contribution in [0.15, 0.2) is 24.3 Å². The molecule has 2 rings (SSSR count). The second kappa shape index (κ2) is 5.54. The SMILES string of the molecule is [CH]c1cccc(OC2CCN(C(C)C)CC2)c1. The third-order valence-corrected chi connectivity index (χ3v) is 3.37. The Bertz CT molecular complexity index is 354. The fraction of sp³-hybridized carbons (Fsp3) is 0.533. The van der Waals surface area contributed by atoms with Gasteiger partial charge in [0.15, 0.2) is 0 Å². The lowest BCUT2D eigenvalue weighted by Gasteiger charge is -2.34. The Morgan fingerprint density at radius 1 is 1.29 bits per heavy atom. The van der Waals surface area contributed by atoms with Crippen molar-refractivity contribution in [2.45, 2.75) is 38.8 Å². The van der Waals surface area contributed by atoms with Crippen molar-refractivity contribution in [1.29, 1.82) is 0 Å². The molecule has 0 amide bonds. The van der Waals surface area contributed by atoms with Crippen molar-refractivity contribution in [2.75, 3.05) is 13.1 Å². The summed E-state index contributed by atoms with van der Waals surface area (Å²) < 4.78 is 5.96. The predicted molar refractivity (Wildman–Crippen MR) is 70.2 cm³/mol. The first-order chi connectivity index (χ1) is 8.15. The fourth-order valence-corrected chi connectivity index (χ4v) is 2.29. The molecule has 2 radical (unpaired) electrons. The zero-order valence-electron chi connectivity index (χ0n) is 10.7. The number of hydrogen-bond donors (Lipinski definition) is 0. The van der Waals surface area contributed by atoms with Crippen molar-refractivity contribution in [1.82, 2.24) is 4.90 Å². The second-order valence-corrected chi connectivity index (χ2v) is 5.02. The van der Waals surface area contributed by atoms with Crippen LogP contribution in [-0.4, -0.2) is 30.1 Å². The van der Waals surface area contributed by atoms with E-state index in [2.05, 4.69) is 18.7 Å². The minimum Gasteiger partial charge on any atom is -0.490 e. The van der Waals surface area contributed by atoms with Crippen LogP contribution in [-0.2, 0) is 0 Å². The molecule has 0 aliphatic carbocycles. The Labute approximate surface area is 105 Å². The van der Waals surface area contributed by atoms with E-state index in [0.717, 1.165) is 37.2 Å². The number of hydrogen-bond acceptors (Lipinski definition) is 2. The lowest BCUT2D eigenvalue weighted by Crippen LogP contribution is -2.41. The molecule has 1 fully saturated rings. The maximum atomic E-state index is 5.96. The molecule has 0 saturated carbocycles. The summed E-state index contributed by atoms with van der Waals surface area (Å²) in [6.45, 7) is 12.5. The van der Waals surface area contributed by atoms with E-state index in [-0.39, 0.29) is 0 Å². The van der Waals surface area contributed by atoms with E-state index in [1.54, 1.807) is 0 Å². The molecule has 1 aliphatic rings. The second-order valence-electron chi connectivity index (χ2n) is 5.02. The number of rotatable bonds is 3. The van der Waals surface area contributed by atoms with Gasteiger partial charge in [-0.15, -0.1) is 0 Å². The molecule has 0 unspecified atom stereocenters. The number of nitrogens with zero attached hydrogens (tertiary/aromatic N) is 1. The van der Waals surface area contributed by atoms with Crippen LogP contribution in [0.3, 0.4) is 0 Å². The van der Waals surface area contributed by atoms with E-state index in [0.29, 0.717) is 12.1 Å². The minimum atomic E-state index is 0.340. The number of piperidine rings is 1. The molecule has 92 valence electrons. The maximum Gasteiger partial charge on any atom is 0.120 e. The summed E-state index contributed by atoms with van der Waals surface area (Å²) >= 11 is 0. The van der Waals surface area contributed by atoms with Gasteiger partial charge in [0.05, 0.1) is 0 Å². The Hall–Kier alpha value is -1.02. The van der Waals surface area contributed by atoms with Crippen LogP contribution in [0, 0.1) is 6.92 Å². The van der Waals surface area contributed by atoms with Gasteiger partial charge in [-0.3, -0.25) is 0 Å². The summed E-state index contributed by atoms with van der Waals surface area (Å²) in [6.07, 6.45) is 2.55. The Morgan fingerprint density at radius 2 is 2.00 bits per heavy atom. The molecule has 1 aromatic rings. The van der Waals surface area contributed by atoms with E-state index in [1.165, 1.54) is 0 Å². The standard InChI is InChI=1S/C15H21NO/c1-12(2)16-9-7-14(8-10-16)17-15-6-4-5-13(3)11-15/h3-6,11-12,14H,7-10H2,1-2H3. The van der Waals surface area contributed by atoms with E-state index in [1.807, 2.05) is 24.3 Å². The molecule has 0 aromatic heterocycles. The van der Waals surface area contributed by atoms with Crippen LogP contribution < -0.4 is 4.74 Å². The van der Waals surface area contributed by atoms with Crippen molar-refractivity contribution >= 4 is 0 Å². The van der Waals surface area contributed by atoms with Crippen molar-refractivity contribution in [2.24, 2.45) is 0 Å². The van der Waals surface area contributed by atoms with Gasteiger partial charge < -0.3 is 9.64 Å². The van der Waals surface area contributed by atoms with E-state index in [9.17, 15) is 0 Å². The topological polar surface area (TPSA) is 12.5 Å². The quantitative estimate of drug-likeness (QED) is 0.793. The zero-order valence-corrected chi connectivity index (χ0v) is 10.7. The van der Waals surface area contributed by atoms with Gasteiger partial charge in [-0.1, -0.05) is 12.1 Å². The highest BCUT2D eigenvalue weighted by Crippen LogP contribution is 2.20. The molecule has 1 saturated heterocycles. The first-order valence-corrected chi connectivity index (χ1v) is 6.41. The van der Waals surface area contributed by atoms with Gasteiger partial charge in [0, 0.05) is 19.1 Å². The summed E-state index contributed by atoms with van der Waals surface area (Å²) in [5.41, 5.74) is 0.766. The first kappa shape index (κ1) is 12.4. The molecule has 1 aliphatic heterocycles. The average molecular weight is 231 g/mol. The van der Waals surface area contributed by atoms with Crippen molar-refractivity contribution in [3.63, 3.8) is 0 Å². The third-order valence-electron chi connectivity index (χ3n) is 3.37. The van der Waals surface area contributed by atoms with Crippen LogP contribution in [0.1, 0.15) is 32.3 Å². The predicted octanol–water partition coefficient (Wildman–Crippen LogP) is 3.00. The first-order valence-electron chi connectivity index (χ1n) is 6.41. The van der Waals surface area contributed by atoms with Gasteiger partial charge >= 0.3 is 0 Å². The van der Waals surface area contributed by atoms with Crippen LogP contribution >= 0.6 is 0 Å². The van der Waals surface area contributed by atoms with Gasteiger partial charge in [-0.2, -0.15) is 0 Å². The summed E-state index contributed by atoms with van der Waals surface area (Å²) in [5.74, 6) is 0.896. The van der Waals surface area contributed by atoms with Crippen molar-refractivity contribution in [3.8, 4) is 5.75 Å². The highest BCUT2D eigenvalue weighted by atomic mass is 16.5. The molecule has 0 atom stereocenters. The molecule has 0 spiro atoms. The highest BCUT2D eigenvalue weighted by Gasteiger charge is 2.21. The summed E-state index contributed by atoms with van der Waals surface area (Å²) in [5, 5.41) is 0. The average Bonchev–Trinajstić information content (AvgIpc) is 2.29. The summed E-state index contributed by atoms with van der Waals surface area (Å²) in [4.78, 5) is 2.50. The van der Waals surface area contributed by atoms with Crippen LogP contribution in [0.5, 0.6) is 5.75 Å². The van der Waals surface area contributed by atoms with Crippen molar-refractivity contribution < 1.29 is 4.74 Å². The lowest BCUT2D eigenvalue weighted by molar-refractivity contribution is 0.0843. The van der Waals surface area contributed by atoms with E-state index in [4.69, 9.17) is 11.7 Å². The molecule has 0 N–H and O–H groups in total. The monoisotopic (exact) mass is 231 g/mol. The van der Waals surface area contributed by atoms with Crippen LogP contribution in [0.25, 0.3) is 0 Å². The highest BCUT2D eigenvalue weighted by molar-refractivity contribution is 5.30. The number of ether oxygens (including phenoxy) is 1. The molecule has 17 heavy (non-hydrogen) atoms. The molecular weight excluding hydrogens is 210 g/mol. The van der Waals surface area contributed by atoms with Gasteiger partial charge in [-0.05, 0) is 51.3 Å². The van der Waals surface area contributed by atoms with Gasteiger partial charge in [0.1, 0.15) is 11.9 Å². The zero-order chi connectivity index (χ0) is 12.3. The largest absolute Gasteiger partial charge is 0.490 e. The minimum absolute atomic E-state index is 0.340. The molecule has 1 heterocycles. The summed E-state index contributed by atoms with van der Waals surface area (Å²) in [6, 6.07) is 8.34. The van der Waals surface area contributed by atoms with E-state index < -0.39 is 0 Å². The van der Waals surface area contributed by atoms with Crippen LogP contribution in [0.2, 0.25) is 0 Å². The molecule has 2 heteroatoms. The third kappa shape index (κ3) is 3.47. The number of benzene rings is 1.